The van der Waals surface area contributed by atoms with Crippen LogP contribution in [0.25, 0.3) is 0 Å². The Balaban J connectivity index is -0.000000574. The number of hydrogen-bond donors (Lipinski definition) is 5. The van der Waals surface area contributed by atoms with Gasteiger partial charge in [-0.1, -0.05) is 40.5 Å². The Labute approximate surface area is 136 Å². The van der Waals surface area contributed by atoms with Crippen molar-refractivity contribution in [1.82, 2.24) is 10.6 Å². The second kappa shape index (κ2) is 17.7. The van der Waals surface area contributed by atoms with Gasteiger partial charge in [0.1, 0.15) is 12.6 Å². The molecule has 0 aliphatic rings. The van der Waals surface area contributed by atoms with Crippen molar-refractivity contribution in [2.24, 2.45) is 0 Å². The molecule has 0 radical (unpaired) electrons. The molecule has 0 fully saturated rings. The quantitative estimate of drug-likeness (QED) is 0.450. The number of carbonyl (C=O) groups is 4. The molecule has 0 aliphatic heterocycles. The van der Waals surface area contributed by atoms with Crippen LogP contribution in [0, 0.1) is 0 Å². The van der Waals surface area contributed by atoms with Gasteiger partial charge in [-0.2, -0.15) is 0 Å². The monoisotopic (exact) mass is 336 g/mol. The number of amides is 2. The molecule has 0 aromatic carbocycles. The molecule has 0 aliphatic carbocycles. The SMILES string of the molecule is CC.CCCC.O=C(O)CCC(NC(=O)NCC(=O)O)C(=O)O. The van der Waals surface area contributed by atoms with E-state index in [1.807, 2.05) is 24.5 Å². The van der Waals surface area contributed by atoms with Crippen LogP contribution in [-0.4, -0.2) is 51.8 Å². The fraction of sp³-hybridized carbons (Fsp3) is 0.714. The molecule has 1 unspecified atom stereocenters. The molecule has 0 rings (SSSR count). The molecule has 9 heteroatoms. The number of carbonyl (C=O) groups excluding carboxylic acids is 1. The van der Waals surface area contributed by atoms with Crippen molar-refractivity contribution in [1.29, 1.82) is 0 Å². The highest BCUT2D eigenvalue weighted by Crippen LogP contribution is 1.97. The van der Waals surface area contributed by atoms with E-state index < -0.39 is 42.9 Å². The van der Waals surface area contributed by atoms with Gasteiger partial charge in [-0.15, -0.1) is 0 Å². The predicted molar refractivity (Wildman–Crippen MR) is 84.4 cm³/mol. The van der Waals surface area contributed by atoms with E-state index in [1.54, 1.807) is 0 Å². The lowest BCUT2D eigenvalue weighted by atomic mass is 10.1. The average molecular weight is 336 g/mol. The van der Waals surface area contributed by atoms with Crippen LogP contribution in [0.3, 0.4) is 0 Å². The fourth-order valence-corrected chi connectivity index (χ4v) is 0.890. The summed E-state index contributed by atoms with van der Waals surface area (Å²) >= 11 is 0. The summed E-state index contributed by atoms with van der Waals surface area (Å²) in [5.74, 6) is -3.86. The maximum absolute atomic E-state index is 11.0. The van der Waals surface area contributed by atoms with E-state index in [2.05, 4.69) is 13.8 Å². The summed E-state index contributed by atoms with van der Waals surface area (Å²) in [6.45, 7) is 7.71. The standard InChI is InChI=1S/C8H12N2O7.C4H10.C2H6/c11-5(12)2-1-4(7(15)16)10-8(17)9-3-6(13)14;1-3-4-2;1-2/h4H,1-3H2,(H,11,12)(H,13,14)(H,15,16)(H2,9,10,17);3-4H2,1-2H3;1-2H3. The molecule has 0 saturated carbocycles. The molecule has 0 saturated heterocycles. The van der Waals surface area contributed by atoms with Crippen LogP contribution in [0.2, 0.25) is 0 Å². The number of nitrogens with one attached hydrogen (secondary N) is 2. The lowest BCUT2D eigenvalue weighted by Crippen LogP contribution is -2.47. The van der Waals surface area contributed by atoms with Crippen LogP contribution in [0.1, 0.15) is 53.4 Å². The highest BCUT2D eigenvalue weighted by molar-refractivity contribution is 5.85. The summed E-state index contributed by atoms with van der Waals surface area (Å²) in [5.41, 5.74) is 0. The first-order valence-corrected chi connectivity index (χ1v) is 7.45. The Hall–Kier alpha value is -2.32. The number of carboxylic acid groups (broad SMARTS) is 3. The predicted octanol–water partition coefficient (Wildman–Crippen LogP) is 1.52. The number of unbranched alkanes of at least 4 members (excludes halogenated alkanes) is 1. The highest BCUT2D eigenvalue weighted by Gasteiger charge is 2.20. The summed E-state index contributed by atoms with van der Waals surface area (Å²) in [5, 5.41) is 29.1. The minimum Gasteiger partial charge on any atom is -0.481 e. The molecule has 0 bridgehead atoms. The van der Waals surface area contributed by atoms with Crippen molar-refractivity contribution in [2.75, 3.05) is 6.54 Å². The molecule has 0 aromatic heterocycles. The minimum atomic E-state index is -1.39. The van der Waals surface area contributed by atoms with Gasteiger partial charge in [0, 0.05) is 6.42 Å². The molecule has 1 atom stereocenters. The minimum absolute atomic E-state index is 0.287. The first-order chi connectivity index (χ1) is 10.7. The summed E-state index contributed by atoms with van der Waals surface area (Å²) in [6, 6.07) is -2.36. The molecular weight excluding hydrogens is 308 g/mol. The van der Waals surface area contributed by atoms with E-state index in [-0.39, 0.29) is 6.42 Å². The van der Waals surface area contributed by atoms with Crippen molar-refractivity contribution in [3.8, 4) is 0 Å². The summed E-state index contributed by atoms with van der Waals surface area (Å²) in [7, 11) is 0. The Kier molecular flexibility index (Phi) is 19.8. The van der Waals surface area contributed by atoms with E-state index in [9.17, 15) is 19.2 Å². The normalized spacial score (nSPS) is 9.91. The van der Waals surface area contributed by atoms with E-state index in [1.165, 1.54) is 12.8 Å². The van der Waals surface area contributed by atoms with E-state index in [0.29, 0.717) is 0 Å². The van der Waals surface area contributed by atoms with Gasteiger partial charge in [-0.05, 0) is 6.42 Å². The Bertz CT molecular complexity index is 357. The zero-order valence-electron chi connectivity index (χ0n) is 14.1. The molecule has 0 heterocycles. The van der Waals surface area contributed by atoms with Crippen molar-refractivity contribution in [3.05, 3.63) is 0 Å². The van der Waals surface area contributed by atoms with Gasteiger partial charge >= 0.3 is 23.9 Å². The number of aliphatic carboxylic acids is 3. The van der Waals surface area contributed by atoms with Crippen molar-refractivity contribution in [3.63, 3.8) is 0 Å². The second-order valence-corrected chi connectivity index (χ2v) is 4.04. The van der Waals surface area contributed by atoms with E-state index >= 15 is 0 Å². The van der Waals surface area contributed by atoms with Crippen LogP contribution in [0.15, 0.2) is 0 Å². The van der Waals surface area contributed by atoms with Crippen molar-refractivity contribution < 1.29 is 34.5 Å². The lowest BCUT2D eigenvalue weighted by molar-refractivity contribution is -0.140. The molecule has 136 valence electrons. The first-order valence-electron chi connectivity index (χ1n) is 7.45. The topological polar surface area (TPSA) is 153 Å². The van der Waals surface area contributed by atoms with Crippen molar-refractivity contribution in [2.45, 2.75) is 59.4 Å². The third kappa shape index (κ3) is 22.1. The zero-order valence-corrected chi connectivity index (χ0v) is 14.1. The summed E-state index contributed by atoms with van der Waals surface area (Å²) in [4.78, 5) is 42.0. The van der Waals surface area contributed by atoms with Crippen LogP contribution < -0.4 is 10.6 Å². The van der Waals surface area contributed by atoms with Gasteiger partial charge in [0.25, 0.3) is 0 Å². The first kappa shape index (κ1) is 25.6. The molecule has 23 heavy (non-hydrogen) atoms. The Morgan fingerprint density at radius 3 is 1.70 bits per heavy atom. The molecular formula is C14H28N2O7. The Morgan fingerprint density at radius 2 is 1.39 bits per heavy atom. The molecule has 0 spiro atoms. The van der Waals surface area contributed by atoms with Gasteiger partial charge in [-0.25, -0.2) is 9.59 Å². The Morgan fingerprint density at radius 1 is 0.913 bits per heavy atom. The maximum atomic E-state index is 11.0. The molecule has 9 nitrogen and oxygen atoms in total. The zero-order chi connectivity index (χ0) is 18.8. The molecule has 0 aromatic rings. The van der Waals surface area contributed by atoms with Crippen LogP contribution in [0.5, 0.6) is 0 Å². The third-order valence-corrected chi connectivity index (χ3v) is 2.15. The van der Waals surface area contributed by atoms with Gasteiger partial charge in [-0.3, -0.25) is 9.59 Å². The lowest BCUT2D eigenvalue weighted by Gasteiger charge is -2.13. The molecule has 2 amide bonds. The molecule has 5 N–H and O–H groups in total. The van der Waals surface area contributed by atoms with E-state index in [0.717, 1.165) is 0 Å². The third-order valence-electron chi connectivity index (χ3n) is 2.15. The number of rotatable bonds is 8. The average Bonchev–Trinajstić information content (AvgIpc) is 2.51. The van der Waals surface area contributed by atoms with Crippen molar-refractivity contribution >= 4 is 23.9 Å². The number of hydrogen-bond acceptors (Lipinski definition) is 4. The summed E-state index contributed by atoms with van der Waals surface area (Å²) < 4.78 is 0. The highest BCUT2D eigenvalue weighted by atomic mass is 16.4. The maximum Gasteiger partial charge on any atom is 0.326 e. The van der Waals surface area contributed by atoms with Crippen LogP contribution in [0.4, 0.5) is 4.79 Å². The second-order valence-electron chi connectivity index (χ2n) is 4.04. The van der Waals surface area contributed by atoms with Crippen LogP contribution in [-0.2, 0) is 14.4 Å². The summed E-state index contributed by atoms with van der Waals surface area (Å²) in [6.07, 6.45) is 1.93. The number of carboxylic acids is 3. The van der Waals surface area contributed by atoms with Gasteiger partial charge < -0.3 is 26.0 Å². The van der Waals surface area contributed by atoms with Crippen LogP contribution >= 0.6 is 0 Å². The van der Waals surface area contributed by atoms with E-state index in [4.69, 9.17) is 15.3 Å². The number of urea groups is 1. The van der Waals surface area contributed by atoms with Gasteiger partial charge in [0.2, 0.25) is 0 Å². The smallest absolute Gasteiger partial charge is 0.326 e. The fourth-order valence-electron chi connectivity index (χ4n) is 0.890. The van der Waals surface area contributed by atoms with Gasteiger partial charge in [0.15, 0.2) is 0 Å². The largest absolute Gasteiger partial charge is 0.481 e. The van der Waals surface area contributed by atoms with Gasteiger partial charge in [0.05, 0.1) is 0 Å².